The van der Waals surface area contributed by atoms with Gasteiger partial charge in [-0.25, -0.2) is 13.8 Å². The van der Waals surface area contributed by atoms with E-state index in [2.05, 4.69) is 16.6 Å². The predicted molar refractivity (Wildman–Crippen MR) is 130 cm³/mol. The molecule has 202 valence electrons. The molecule has 1 heterocycles. The highest BCUT2D eigenvalue weighted by atomic mass is 19.4. The minimum absolute atomic E-state index is 0.0186. The molecule has 0 fully saturated rings. The van der Waals surface area contributed by atoms with Crippen LogP contribution in [0.15, 0.2) is 42.0 Å². The Morgan fingerprint density at radius 2 is 1.86 bits per heavy atom. The summed E-state index contributed by atoms with van der Waals surface area (Å²) in [4.78, 5) is 22.5. The van der Waals surface area contributed by atoms with Crippen molar-refractivity contribution in [3.8, 4) is 5.88 Å². The Morgan fingerprint density at radius 1 is 1.19 bits per heavy atom. The molecule has 2 unspecified atom stereocenters. The van der Waals surface area contributed by atoms with Gasteiger partial charge in [-0.1, -0.05) is 19.6 Å². The number of hydrogen-bond acceptors (Lipinski definition) is 5. The fraction of sp³-hybridized carbons (Fsp3) is 0.423. The van der Waals surface area contributed by atoms with E-state index >= 15 is 0 Å². The molecular formula is C26H30F5N3O3. The summed E-state index contributed by atoms with van der Waals surface area (Å²) >= 11 is 0. The third-order valence-electron chi connectivity index (χ3n) is 5.52. The molecule has 0 N–H and O–H groups in total. The Hall–Kier alpha value is -3.50. The Labute approximate surface area is 212 Å². The zero-order valence-electron chi connectivity index (χ0n) is 21.3. The molecule has 0 aliphatic rings. The van der Waals surface area contributed by atoms with Crippen molar-refractivity contribution in [1.29, 1.82) is 0 Å². The van der Waals surface area contributed by atoms with Gasteiger partial charge < -0.3 is 14.4 Å². The van der Waals surface area contributed by atoms with Gasteiger partial charge in [-0.15, -0.1) is 0 Å². The van der Waals surface area contributed by atoms with Gasteiger partial charge in [0.1, 0.15) is 18.2 Å². The topological polar surface area (TPSA) is 64.0 Å². The molecule has 2 atom stereocenters. The Morgan fingerprint density at radius 3 is 2.43 bits per heavy atom. The molecule has 6 nitrogen and oxygen atoms in total. The van der Waals surface area contributed by atoms with Crippen molar-refractivity contribution in [2.24, 2.45) is 4.99 Å². The van der Waals surface area contributed by atoms with Crippen molar-refractivity contribution in [2.75, 3.05) is 13.2 Å². The molecule has 0 spiro atoms. The third kappa shape index (κ3) is 7.74. The number of aromatic nitrogens is 1. The van der Waals surface area contributed by atoms with Gasteiger partial charge >= 0.3 is 6.18 Å². The van der Waals surface area contributed by atoms with Gasteiger partial charge in [-0.2, -0.15) is 13.2 Å². The highest BCUT2D eigenvalue weighted by Gasteiger charge is 2.32. The van der Waals surface area contributed by atoms with Crippen LogP contribution in [0.2, 0.25) is 0 Å². The number of rotatable bonds is 10. The maximum absolute atomic E-state index is 14.8. The normalized spacial score (nSPS) is 13.6. The third-order valence-corrected chi connectivity index (χ3v) is 5.52. The van der Waals surface area contributed by atoms with Crippen LogP contribution in [0.3, 0.4) is 0 Å². The number of pyridine rings is 1. The minimum atomic E-state index is -4.75. The zero-order chi connectivity index (χ0) is 27.9. The minimum Gasteiger partial charge on any atom is -0.473 e. The van der Waals surface area contributed by atoms with Gasteiger partial charge in [0.25, 0.3) is 5.91 Å². The summed E-state index contributed by atoms with van der Waals surface area (Å²) in [5.74, 6) is -3.04. The molecule has 0 saturated carbocycles. The van der Waals surface area contributed by atoms with Crippen LogP contribution in [-0.4, -0.2) is 46.9 Å². The van der Waals surface area contributed by atoms with Crippen LogP contribution in [0.1, 0.15) is 62.5 Å². The number of benzene rings is 1. The lowest BCUT2D eigenvalue weighted by Crippen LogP contribution is -2.42. The number of ether oxygens (including phenoxy) is 2. The Bertz CT molecular complexity index is 1150. The van der Waals surface area contributed by atoms with Gasteiger partial charge in [-0.3, -0.25) is 9.79 Å². The molecule has 0 radical (unpaired) electrons. The summed E-state index contributed by atoms with van der Waals surface area (Å²) < 4.78 is 78.0. The van der Waals surface area contributed by atoms with Crippen LogP contribution >= 0.6 is 0 Å². The van der Waals surface area contributed by atoms with Crippen LogP contribution in [0.25, 0.3) is 5.76 Å². The van der Waals surface area contributed by atoms with Crippen molar-refractivity contribution in [3.63, 3.8) is 0 Å². The average Bonchev–Trinajstić information content (AvgIpc) is 2.82. The number of carbonyl (C=O) groups excluding carboxylic acids is 1. The van der Waals surface area contributed by atoms with Crippen molar-refractivity contribution in [2.45, 2.75) is 59.3 Å². The molecule has 37 heavy (non-hydrogen) atoms. The standard InChI is InChI=1S/C26H30F5N3O3/c1-7-15(3)33-18(6)37-17(5)23-20(10-9-11-21(23)27)25(35)34(8-2)16(4)14-36-24-22(28)12-19(13-32-24)26(29,30)31/h9-13,15-16H,5,7-8,14H2,1-4,6H3/b33-18-. The first-order chi connectivity index (χ1) is 17.3. The number of likely N-dealkylation sites (N-methyl/N-ethyl adjacent to an activating group) is 1. The van der Waals surface area contributed by atoms with Crippen LogP contribution in [0, 0.1) is 11.6 Å². The number of nitrogens with zero attached hydrogens (tertiary/aromatic N) is 3. The summed E-state index contributed by atoms with van der Waals surface area (Å²) in [6, 6.07) is 3.55. The van der Waals surface area contributed by atoms with Crippen LogP contribution in [-0.2, 0) is 10.9 Å². The lowest BCUT2D eigenvalue weighted by atomic mass is 10.0. The fourth-order valence-electron chi connectivity index (χ4n) is 3.43. The van der Waals surface area contributed by atoms with Crippen molar-refractivity contribution in [1.82, 2.24) is 9.88 Å². The van der Waals surface area contributed by atoms with E-state index < -0.39 is 41.2 Å². The van der Waals surface area contributed by atoms with Crippen LogP contribution < -0.4 is 4.74 Å². The lowest BCUT2D eigenvalue weighted by molar-refractivity contribution is -0.138. The second-order valence-electron chi connectivity index (χ2n) is 8.35. The van der Waals surface area contributed by atoms with Gasteiger partial charge in [0.05, 0.1) is 28.8 Å². The van der Waals surface area contributed by atoms with E-state index in [0.29, 0.717) is 6.20 Å². The predicted octanol–water partition coefficient (Wildman–Crippen LogP) is 6.51. The van der Waals surface area contributed by atoms with E-state index in [0.717, 1.165) is 6.42 Å². The smallest absolute Gasteiger partial charge is 0.417 e. The summed E-state index contributed by atoms with van der Waals surface area (Å²) in [5.41, 5.74) is -1.40. The first kappa shape index (κ1) is 29.7. The average molecular weight is 528 g/mol. The van der Waals surface area contributed by atoms with E-state index in [1.165, 1.54) is 23.1 Å². The summed E-state index contributed by atoms with van der Waals surface area (Å²) in [5, 5.41) is 0. The second-order valence-corrected chi connectivity index (χ2v) is 8.35. The van der Waals surface area contributed by atoms with Crippen molar-refractivity contribution >= 4 is 17.6 Å². The molecule has 1 aromatic heterocycles. The van der Waals surface area contributed by atoms with Gasteiger partial charge in [0.15, 0.2) is 11.7 Å². The summed E-state index contributed by atoms with van der Waals surface area (Å²) in [7, 11) is 0. The monoisotopic (exact) mass is 527 g/mol. The number of amides is 1. The maximum atomic E-state index is 14.8. The SMILES string of the molecule is C=C(O/C(C)=N\C(C)CC)c1c(F)cccc1C(=O)N(CC)C(C)COc1ncc(C(F)(F)F)cc1F. The van der Waals surface area contributed by atoms with E-state index in [1.54, 1.807) is 20.8 Å². The van der Waals surface area contributed by atoms with Crippen molar-refractivity contribution < 1.29 is 36.2 Å². The largest absolute Gasteiger partial charge is 0.473 e. The quantitative estimate of drug-likeness (QED) is 0.153. The molecule has 1 aromatic carbocycles. The lowest BCUT2D eigenvalue weighted by Gasteiger charge is -2.29. The molecule has 0 saturated heterocycles. The van der Waals surface area contributed by atoms with Crippen LogP contribution in [0.5, 0.6) is 5.88 Å². The number of hydrogen-bond donors (Lipinski definition) is 0. The number of carbonyl (C=O) groups is 1. The molecule has 1 amide bonds. The molecular weight excluding hydrogens is 497 g/mol. The number of halogens is 5. The highest BCUT2D eigenvalue weighted by Crippen LogP contribution is 2.31. The maximum Gasteiger partial charge on any atom is 0.417 e. The van der Waals surface area contributed by atoms with Gasteiger partial charge in [-0.05, 0) is 45.4 Å². The molecule has 2 rings (SSSR count). The molecule has 0 aliphatic heterocycles. The fourth-order valence-corrected chi connectivity index (χ4v) is 3.43. The Balaban J connectivity index is 2.23. The van der Waals surface area contributed by atoms with Crippen molar-refractivity contribution in [3.05, 3.63) is 65.4 Å². The first-order valence-corrected chi connectivity index (χ1v) is 11.7. The first-order valence-electron chi connectivity index (χ1n) is 11.7. The van der Waals surface area contributed by atoms with E-state index in [-0.39, 0.29) is 48.0 Å². The highest BCUT2D eigenvalue weighted by molar-refractivity contribution is 5.99. The van der Waals surface area contributed by atoms with E-state index in [1.807, 2.05) is 13.8 Å². The summed E-state index contributed by atoms with van der Waals surface area (Å²) in [6.45, 7) is 12.4. The summed E-state index contributed by atoms with van der Waals surface area (Å²) in [6.07, 6.45) is -3.52. The van der Waals surface area contributed by atoms with E-state index in [9.17, 15) is 26.7 Å². The van der Waals surface area contributed by atoms with Gasteiger partial charge in [0, 0.05) is 19.7 Å². The number of aliphatic imine (C=N–C) groups is 1. The Kier molecular flexibility index (Phi) is 10.2. The second kappa shape index (κ2) is 12.6. The molecule has 11 heteroatoms. The molecule has 0 bridgehead atoms. The number of alkyl halides is 3. The van der Waals surface area contributed by atoms with Gasteiger partial charge in [0.2, 0.25) is 5.88 Å². The zero-order valence-corrected chi connectivity index (χ0v) is 21.3. The van der Waals surface area contributed by atoms with Crippen LogP contribution in [0.4, 0.5) is 22.0 Å². The molecule has 0 aliphatic carbocycles. The van der Waals surface area contributed by atoms with E-state index in [4.69, 9.17) is 9.47 Å². The molecule has 2 aromatic rings.